The van der Waals surface area contributed by atoms with Crippen molar-refractivity contribution in [3.8, 4) is 6.07 Å². The van der Waals surface area contributed by atoms with Gasteiger partial charge in [0.05, 0.1) is 11.5 Å². The molecule has 27 heavy (non-hydrogen) atoms. The van der Waals surface area contributed by atoms with Gasteiger partial charge in [0.25, 0.3) is 0 Å². The number of benzene rings is 1. The van der Waals surface area contributed by atoms with Gasteiger partial charge in [-0.25, -0.2) is 4.98 Å². The largest absolute Gasteiger partial charge is 0.461 e. The molecule has 0 saturated carbocycles. The van der Waals surface area contributed by atoms with Crippen molar-refractivity contribution in [2.24, 2.45) is 11.7 Å². The molecule has 0 aliphatic carbocycles. The van der Waals surface area contributed by atoms with Crippen LogP contribution in [0.5, 0.6) is 0 Å². The first-order valence-electron chi connectivity index (χ1n) is 8.73. The zero-order chi connectivity index (χ0) is 19.2. The average Bonchev–Trinajstić information content (AvgIpc) is 2.72. The summed E-state index contributed by atoms with van der Waals surface area (Å²) < 4.78 is 5.41. The summed E-state index contributed by atoms with van der Waals surface area (Å²) in [5, 5.41) is 8.83. The van der Waals surface area contributed by atoms with Gasteiger partial charge in [-0.1, -0.05) is 12.1 Å². The Morgan fingerprint density at radius 2 is 1.89 bits per heavy atom. The van der Waals surface area contributed by atoms with E-state index in [4.69, 9.17) is 15.7 Å². The average molecular weight is 364 g/mol. The minimum atomic E-state index is -0.484. The summed E-state index contributed by atoms with van der Waals surface area (Å²) >= 11 is 0. The molecule has 1 amide bonds. The summed E-state index contributed by atoms with van der Waals surface area (Å²) in [5.41, 5.74) is 6.97. The molecule has 1 aromatic heterocycles. The molecule has 1 aromatic carbocycles. The first-order chi connectivity index (χ1) is 13.1. The second-order valence-corrected chi connectivity index (χ2v) is 6.45. The Labute approximate surface area is 157 Å². The van der Waals surface area contributed by atoms with Crippen LogP contribution in [-0.4, -0.2) is 29.9 Å². The van der Waals surface area contributed by atoms with Crippen LogP contribution in [0.3, 0.4) is 0 Å². The minimum Gasteiger partial charge on any atom is -0.461 e. The number of aromatic nitrogens is 1. The number of carbonyl (C=O) groups excluding carboxylic acids is 2. The molecule has 0 spiro atoms. The molecule has 138 valence electrons. The third-order valence-corrected chi connectivity index (χ3v) is 4.65. The van der Waals surface area contributed by atoms with Gasteiger partial charge in [0.1, 0.15) is 18.5 Å². The van der Waals surface area contributed by atoms with Gasteiger partial charge in [0.2, 0.25) is 5.91 Å². The van der Waals surface area contributed by atoms with E-state index in [1.165, 1.54) is 0 Å². The van der Waals surface area contributed by atoms with Gasteiger partial charge in [0, 0.05) is 24.8 Å². The van der Waals surface area contributed by atoms with E-state index in [0.717, 1.165) is 11.4 Å². The molecule has 2 heterocycles. The topological polar surface area (TPSA) is 109 Å². The number of esters is 1. The van der Waals surface area contributed by atoms with E-state index >= 15 is 0 Å². The highest BCUT2D eigenvalue weighted by atomic mass is 16.5. The predicted molar refractivity (Wildman–Crippen MR) is 98.6 cm³/mol. The van der Waals surface area contributed by atoms with E-state index in [2.05, 4.69) is 16.0 Å². The molecular formula is C20H20N4O3. The molecular weight excluding hydrogens is 344 g/mol. The maximum Gasteiger partial charge on any atom is 0.309 e. The van der Waals surface area contributed by atoms with E-state index in [1.54, 1.807) is 36.5 Å². The lowest BCUT2D eigenvalue weighted by Crippen LogP contribution is -2.37. The molecule has 0 bridgehead atoms. The number of piperidine rings is 1. The fourth-order valence-electron chi connectivity index (χ4n) is 3.02. The van der Waals surface area contributed by atoms with Gasteiger partial charge >= 0.3 is 5.97 Å². The highest BCUT2D eigenvalue weighted by molar-refractivity contribution is 5.92. The molecule has 1 saturated heterocycles. The molecule has 1 aliphatic heterocycles. The smallest absolute Gasteiger partial charge is 0.309 e. The molecule has 2 N–H and O–H groups in total. The lowest BCUT2D eigenvalue weighted by atomic mass is 9.97. The van der Waals surface area contributed by atoms with Crippen LogP contribution < -0.4 is 10.6 Å². The summed E-state index contributed by atoms with van der Waals surface area (Å²) in [6.07, 6.45) is 2.95. The zero-order valence-electron chi connectivity index (χ0n) is 14.8. The zero-order valence-corrected chi connectivity index (χ0v) is 14.8. The summed E-state index contributed by atoms with van der Waals surface area (Å²) in [5.74, 6) is -0.0108. The first-order valence-corrected chi connectivity index (χ1v) is 8.73. The maximum absolute atomic E-state index is 12.3. The summed E-state index contributed by atoms with van der Waals surface area (Å²) in [6, 6.07) is 12.3. The van der Waals surface area contributed by atoms with Crippen molar-refractivity contribution in [1.82, 2.24) is 4.98 Å². The third-order valence-electron chi connectivity index (χ3n) is 4.65. The van der Waals surface area contributed by atoms with Crippen LogP contribution in [0.15, 0.2) is 42.6 Å². The second-order valence-electron chi connectivity index (χ2n) is 6.45. The molecule has 0 unspecified atom stereocenters. The fourth-order valence-corrected chi connectivity index (χ4v) is 3.02. The number of ether oxygens (including phenoxy) is 1. The monoisotopic (exact) mass is 364 g/mol. The number of amides is 1. The SMILES string of the molecule is N#Cc1ccc(N2CCC(C(=O)OCc3ccc(C(N)=O)cc3)CC2)nc1. The lowest BCUT2D eigenvalue weighted by Gasteiger charge is -2.31. The Kier molecular flexibility index (Phi) is 5.67. The highest BCUT2D eigenvalue weighted by Crippen LogP contribution is 2.23. The summed E-state index contributed by atoms with van der Waals surface area (Å²) in [7, 11) is 0. The van der Waals surface area contributed by atoms with Crippen molar-refractivity contribution >= 4 is 17.7 Å². The van der Waals surface area contributed by atoms with E-state index in [1.807, 2.05) is 6.07 Å². The van der Waals surface area contributed by atoms with Gasteiger partial charge in [-0.05, 0) is 42.7 Å². The van der Waals surface area contributed by atoms with Crippen LogP contribution in [0.25, 0.3) is 0 Å². The predicted octanol–water partition coefficient (Wildman–Crippen LogP) is 2.01. The summed E-state index contributed by atoms with van der Waals surface area (Å²) in [4.78, 5) is 29.8. The molecule has 1 aliphatic rings. The number of nitrogens with two attached hydrogens (primary N) is 1. The van der Waals surface area contributed by atoms with Crippen LogP contribution in [0.1, 0.15) is 34.3 Å². The molecule has 3 rings (SSSR count). The van der Waals surface area contributed by atoms with Crippen LogP contribution >= 0.6 is 0 Å². The van der Waals surface area contributed by atoms with Gasteiger partial charge in [0.15, 0.2) is 0 Å². The number of primary amides is 1. The van der Waals surface area contributed by atoms with Gasteiger partial charge in [-0.2, -0.15) is 5.26 Å². The van der Waals surface area contributed by atoms with Crippen molar-refractivity contribution in [2.75, 3.05) is 18.0 Å². The van der Waals surface area contributed by atoms with Crippen LogP contribution in [-0.2, 0) is 16.1 Å². The first kappa shape index (κ1) is 18.4. The normalized spacial score (nSPS) is 14.4. The second kappa shape index (κ2) is 8.32. The Balaban J connectivity index is 1.48. The van der Waals surface area contributed by atoms with E-state index in [0.29, 0.717) is 37.1 Å². The highest BCUT2D eigenvalue weighted by Gasteiger charge is 2.26. The Hall–Kier alpha value is -3.40. The molecule has 0 atom stereocenters. The number of hydrogen-bond donors (Lipinski definition) is 1. The molecule has 2 aromatic rings. The Morgan fingerprint density at radius 1 is 1.19 bits per heavy atom. The summed E-state index contributed by atoms with van der Waals surface area (Å²) in [6.45, 7) is 1.60. The van der Waals surface area contributed by atoms with Crippen molar-refractivity contribution < 1.29 is 14.3 Å². The Morgan fingerprint density at radius 3 is 2.44 bits per heavy atom. The number of nitriles is 1. The van der Waals surface area contributed by atoms with Crippen LogP contribution in [0.2, 0.25) is 0 Å². The Bertz CT molecular complexity index is 848. The third kappa shape index (κ3) is 4.61. The van der Waals surface area contributed by atoms with Crippen LogP contribution in [0, 0.1) is 17.2 Å². The minimum absolute atomic E-state index is 0.135. The van der Waals surface area contributed by atoms with Gasteiger partial charge < -0.3 is 15.4 Å². The molecule has 1 fully saturated rings. The number of pyridine rings is 1. The molecule has 0 radical (unpaired) electrons. The molecule has 7 heteroatoms. The van der Waals surface area contributed by atoms with E-state index in [-0.39, 0.29) is 18.5 Å². The number of nitrogens with zero attached hydrogens (tertiary/aromatic N) is 3. The van der Waals surface area contributed by atoms with Gasteiger partial charge in [-0.3, -0.25) is 9.59 Å². The number of hydrogen-bond acceptors (Lipinski definition) is 6. The van der Waals surface area contributed by atoms with Crippen molar-refractivity contribution in [3.05, 3.63) is 59.3 Å². The van der Waals surface area contributed by atoms with E-state index in [9.17, 15) is 9.59 Å². The standard InChI is InChI=1S/C20H20N4O3/c21-11-15-3-6-18(23-12-15)24-9-7-17(8-10-24)20(26)27-13-14-1-4-16(5-2-14)19(22)25/h1-6,12,17H,7-10,13H2,(H2,22,25). The van der Waals surface area contributed by atoms with Crippen molar-refractivity contribution in [2.45, 2.75) is 19.4 Å². The van der Waals surface area contributed by atoms with Crippen LogP contribution in [0.4, 0.5) is 5.82 Å². The maximum atomic E-state index is 12.3. The van der Waals surface area contributed by atoms with Crippen molar-refractivity contribution in [3.63, 3.8) is 0 Å². The molecule has 7 nitrogen and oxygen atoms in total. The van der Waals surface area contributed by atoms with E-state index < -0.39 is 5.91 Å². The quantitative estimate of drug-likeness (QED) is 0.813. The lowest BCUT2D eigenvalue weighted by molar-refractivity contribution is -0.150. The number of anilines is 1. The fraction of sp³-hybridized carbons (Fsp3) is 0.300. The van der Waals surface area contributed by atoms with Gasteiger partial charge in [-0.15, -0.1) is 0 Å². The number of carbonyl (C=O) groups is 2. The van der Waals surface area contributed by atoms with Crippen molar-refractivity contribution in [1.29, 1.82) is 5.26 Å². The number of rotatable bonds is 5.